The lowest BCUT2D eigenvalue weighted by molar-refractivity contribution is -0.116. The Balaban J connectivity index is 1.44. The van der Waals surface area contributed by atoms with Gasteiger partial charge in [-0.1, -0.05) is 29.8 Å². The van der Waals surface area contributed by atoms with Crippen molar-refractivity contribution in [2.24, 2.45) is 0 Å². The molecule has 1 aromatic heterocycles. The second-order valence-electron chi connectivity index (χ2n) is 5.88. The molecule has 128 valence electrons. The summed E-state index contributed by atoms with van der Waals surface area (Å²) in [6, 6.07) is 11.4. The van der Waals surface area contributed by atoms with Crippen LogP contribution >= 0.6 is 11.6 Å². The molecule has 5 nitrogen and oxygen atoms in total. The molecule has 2 heterocycles. The molecule has 0 bridgehead atoms. The minimum Gasteiger partial charge on any atom is -0.486 e. The molecule has 0 unspecified atom stereocenters. The molecule has 1 amide bonds. The summed E-state index contributed by atoms with van der Waals surface area (Å²) in [5.74, 6) is 1.11. The molecular formula is C19H17ClN2O3. The molecule has 0 saturated heterocycles. The Bertz CT molecular complexity index is 936. The van der Waals surface area contributed by atoms with Crippen LogP contribution in [0.15, 0.2) is 42.6 Å². The monoisotopic (exact) mass is 356 g/mol. The van der Waals surface area contributed by atoms with E-state index in [1.165, 1.54) is 0 Å². The van der Waals surface area contributed by atoms with E-state index in [1.807, 2.05) is 24.4 Å². The summed E-state index contributed by atoms with van der Waals surface area (Å²) in [5.41, 5.74) is 2.74. The number of nitrogens with one attached hydrogen (secondary N) is 2. The van der Waals surface area contributed by atoms with Crippen LogP contribution in [-0.4, -0.2) is 24.1 Å². The Hall–Kier alpha value is -2.66. The van der Waals surface area contributed by atoms with Gasteiger partial charge in [0, 0.05) is 35.7 Å². The summed E-state index contributed by atoms with van der Waals surface area (Å²) in [4.78, 5) is 15.5. The van der Waals surface area contributed by atoms with Gasteiger partial charge in [-0.25, -0.2) is 0 Å². The number of ether oxygens (including phenoxy) is 2. The molecular weight excluding hydrogens is 340 g/mol. The van der Waals surface area contributed by atoms with Crippen LogP contribution < -0.4 is 14.8 Å². The number of aryl methyl sites for hydroxylation is 1. The van der Waals surface area contributed by atoms with Crippen LogP contribution in [0.4, 0.5) is 5.69 Å². The maximum atomic E-state index is 12.3. The zero-order chi connectivity index (χ0) is 17.2. The smallest absolute Gasteiger partial charge is 0.224 e. The van der Waals surface area contributed by atoms with Gasteiger partial charge in [-0.3, -0.25) is 4.79 Å². The molecule has 0 fully saturated rings. The van der Waals surface area contributed by atoms with Crippen LogP contribution in [0, 0.1) is 0 Å². The van der Waals surface area contributed by atoms with E-state index < -0.39 is 0 Å². The van der Waals surface area contributed by atoms with Gasteiger partial charge in [0.25, 0.3) is 0 Å². The van der Waals surface area contributed by atoms with E-state index in [0.717, 1.165) is 16.5 Å². The van der Waals surface area contributed by atoms with Gasteiger partial charge in [-0.15, -0.1) is 0 Å². The lowest BCUT2D eigenvalue weighted by atomic mass is 10.1. The summed E-state index contributed by atoms with van der Waals surface area (Å²) in [6.07, 6.45) is 2.97. The van der Waals surface area contributed by atoms with Crippen molar-refractivity contribution >= 4 is 34.1 Å². The van der Waals surface area contributed by atoms with Gasteiger partial charge in [0.1, 0.15) is 13.2 Å². The molecule has 2 aromatic carbocycles. The molecule has 0 spiro atoms. The Kier molecular flexibility index (Phi) is 4.24. The standard InChI is InChI=1S/C19H17ClN2O3/c20-14-9-17-18(25-8-7-24-17)10-16(14)22-19(23)6-5-12-11-21-15-4-2-1-3-13(12)15/h1-4,9-11,21H,5-8H2,(H,22,23). The van der Waals surface area contributed by atoms with Crippen molar-refractivity contribution in [1.82, 2.24) is 4.98 Å². The van der Waals surface area contributed by atoms with Crippen LogP contribution in [0.5, 0.6) is 11.5 Å². The molecule has 1 aliphatic rings. The average Bonchev–Trinajstić information content (AvgIpc) is 3.04. The van der Waals surface area contributed by atoms with Crippen LogP contribution in [0.1, 0.15) is 12.0 Å². The third kappa shape index (κ3) is 3.28. The zero-order valence-corrected chi connectivity index (χ0v) is 14.2. The number of carbonyl (C=O) groups is 1. The van der Waals surface area contributed by atoms with Crippen molar-refractivity contribution in [3.05, 3.63) is 53.2 Å². The van der Waals surface area contributed by atoms with Crippen LogP contribution in [0.2, 0.25) is 5.02 Å². The first-order chi connectivity index (χ1) is 12.2. The fourth-order valence-corrected chi connectivity index (χ4v) is 3.16. The van der Waals surface area contributed by atoms with Crippen molar-refractivity contribution in [3.63, 3.8) is 0 Å². The summed E-state index contributed by atoms with van der Waals surface area (Å²) >= 11 is 6.23. The summed E-state index contributed by atoms with van der Waals surface area (Å²) in [5, 5.41) is 4.44. The van der Waals surface area contributed by atoms with Crippen molar-refractivity contribution < 1.29 is 14.3 Å². The highest BCUT2D eigenvalue weighted by molar-refractivity contribution is 6.34. The number of aromatic nitrogens is 1. The second-order valence-corrected chi connectivity index (χ2v) is 6.29. The first-order valence-corrected chi connectivity index (χ1v) is 8.52. The highest BCUT2D eigenvalue weighted by Crippen LogP contribution is 2.38. The van der Waals surface area contributed by atoms with E-state index in [4.69, 9.17) is 21.1 Å². The van der Waals surface area contributed by atoms with Crippen molar-refractivity contribution in [1.29, 1.82) is 0 Å². The second kappa shape index (κ2) is 6.69. The zero-order valence-electron chi connectivity index (χ0n) is 13.5. The SMILES string of the molecule is O=C(CCc1c[nH]c2ccccc12)Nc1cc2c(cc1Cl)OCCO2. The molecule has 4 rings (SSSR count). The van der Waals surface area contributed by atoms with Crippen LogP contribution in [-0.2, 0) is 11.2 Å². The maximum absolute atomic E-state index is 12.3. The third-order valence-electron chi connectivity index (χ3n) is 4.20. The number of amides is 1. The number of rotatable bonds is 4. The lowest BCUT2D eigenvalue weighted by Crippen LogP contribution is -2.17. The number of H-pyrrole nitrogens is 1. The van der Waals surface area contributed by atoms with Gasteiger partial charge < -0.3 is 19.8 Å². The normalized spacial score (nSPS) is 13.0. The third-order valence-corrected chi connectivity index (χ3v) is 4.51. The number of fused-ring (bicyclic) bond motifs is 2. The van der Waals surface area contributed by atoms with E-state index in [0.29, 0.717) is 48.3 Å². The lowest BCUT2D eigenvalue weighted by Gasteiger charge is -2.20. The number of hydrogen-bond acceptors (Lipinski definition) is 3. The molecule has 0 atom stereocenters. The molecule has 2 N–H and O–H groups in total. The predicted molar refractivity (Wildman–Crippen MR) is 97.7 cm³/mol. The molecule has 1 aliphatic heterocycles. The fraction of sp³-hybridized carbons (Fsp3) is 0.211. The Labute approximate surface area is 149 Å². The topological polar surface area (TPSA) is 63.4 Å². The number of carbonyl (C=O) groups excluding carboxylic acids is 1. The summed E-state index contributed by atoms with van der Waals surface area (Å²) in [7, 11) is 0. The van der Waals surface area contributed by atoms with Crippen molar-refractivity contribution in [2.75, 3.05) is 18.5 Å². The highest BCUT2D eigenvalue weighted by Gasteiger charge is 2.16. The Morgan fingerprint density at radius 2 is 1.92 bits per heavy atom. The Morgan fingerprint density at radius 3 is 2.76 bits per heavy atom. The van der Waals surface area contributed by atoms with Gasteiger partial charge in [-0.05, 0) is 18.1 Å². The molecule has 25 heavy (non-hydrogen) atoms. The molecule has 0 radical (unpaired) electrons. The molecule has 0 saturated carbocycles. The fourth-order valence-electron chi connectivity index (χ4n) is 2.96. The van der Waals surface area contributed by atoms with E-state index in [-0.39, 0.29) is 5.91 Å². The number of benzene rings is 2. The van der Waals surface area contributed by atoms with Gasteiger partial charge in [-0.2, -0.15) is 0 Å². The number of aromatic amines is 1. The van der Waals surface area contributed by atoms with Crippen molar-refractivity contribution in [2.45, 2.75) is 12.8 Å². The summed E-state index contributed by atoms with van der Waals surface area (Å²) < 4.78 is 11.0. The largest absolute Gasteiger partial charge is 0.486 e. The molecule has 3 aromatic rings. The Morgan fingerprint density at radius 1 is 1.16 bits per heavy atom. The van der Waals surface area contributed by atoms with Gasteiger partial charge in [0.15, 0.2) is 11.5 Å². The first kappa shape index (κ1) is 15.8. The van der Waals surface area contributed by atoms with Crippen LogP contribution in [0.25, 0.3) is 10.9 Å². The van der Waals surface area contributed by atoms with E-state index in [9.17, 15) is 4.79 Å². The number of anilines is 1. The average molecular weight is 357 g/mol. The summed E-state index contributed by atoms with van der Waals surface area (Å²) in [6.45, 7) is 0.988. The highest BCUT2D eigenvalue weighted by atomic mass is 35.5. The minimum atomic E-state index is -0.0936. The number of para-hydroxylation sites is 1. The first-order valence-electron chi connectivity index (χ1n) is 8.15. The number of hydrogen-bond donors (Lipinski definition) is 2. The van der Waals surface area contributed by atoms with Crippen molar-refractivity contribution in [3.8, 4) is 11.5 Å². The van der Waals surface area contributed by atoms with Gasteiger partial charge in [0.05, 0.1) is 10.7 Å². The van der Waals surface area contributed by atoms with Gasteiger partial charge >= 0.3 is 0 Å². The maximum Gasteiger partial charge on any atom is 0.224 e. The van der Waals surface area contributed by atoms with Crippen LogP contribution in [0.3, 0.4) is 0 Å². The van der Waals surface area contributed by atoms with E-state index in [2.05, 4.69) is 16.4 Å². The minimum absolute atomic E-state index is 0.0936. The van der Waals surface area contributed by atoms with Gasteiger partial charge in [0.2, 0.25) is 5.91 Å². The van der Waals surface area contributed by atoms with E-state index >= 15 is 0 Å². The quantitative estimate of drug-likeness (QED) is 0.737. The number of halogens is 1. The predicted octanol–water partition coefficient (Wildman–Crippen LogP) is 4.16. The van der Waals surface area contributed by atoms with E-state index in [1.54, 1.807) is 12.1 Å². The molecule has 0 aliphatic carbocycles. The molecule has 6 heteroatoms.